The number of halogens is 1. The summed E-state index contributed by atoms with van der Waals surface area (Å²) in [5.74, 6) is 0.974. The first-order valence-corrected chi connectivity index (χ1v) is 8.62. The van der Waals surface area contributed by atoms with E-state index in [0.717, 1.165) is 31.3 Å². The standard InChI is InChI=1S/C19H32N4O.HI/c1-18(2)14-23(19(18,3)4)17(20-5)22-13-15-7-9-16(10-8-15)21-11-12-24-6;/h7-10,21H,11-14H2,1-6H3,(H,20,22);1H. The van der Waals surface area contributed by atoms with Gasteiger partial charge in [-0.1, -0.05) is 26.0 Å². The first-order valence-electron chi connectivity index (χ1n) is 8.62. The van der Waals surface area contributed by atoms with Crippen molar-refractivity contribution in [2.45, 2.75) is 39.8 Å². The van der Waals surface area contributed by atoms with Crippen molar-refractivity contribution in [1.29, 1.82) is 0 Å². The van der Waals surface area contributed by atoms with Gasteiger partial charge in [-0.25, -0.2) is 0 Å². The molecule has 0 radical (unpaired) electrons. The second-order valence-corrected chi connectivity index (χ2v) is 7.55. The molecule has 1 aliphatic heterocycles. The Bertz CT molecular complexity index is 569. The van der Waals surface area contributed by atoms with E-state index >= 15 is 0 Å². The van der Waals surface area contributed by atoms with Gasteiger partial charge in [-0.05, 0) is 31.5 Å². The molecule has 0 amide bonds. The van der Waals surface area contributed by atoms with E-state index in [1.54, 1.807) is 7.11 Å². The fraction of sp³-hybridized carbons (Fsp3) is 0.632. The maximum absolute atomic E-state index is 5.04. The molecular weight excluding hydrogens is 427 g/mol. The molecule has 0 unspecified atom stereocenters. The minimum atomic E-state index is 0. The highest BCUT2D eigenvalue weighted by atomic mass is 127. The summed E-state index contributed by atoms with van der Waals surface area (Å²) in [6, 6.07) is 8.49. The molecule has 1 heterocycles. The van der Waals surface area contributed by atoms with Crippen molar-refractivity contribution < 1.29 is 4.74 Å². The van der Waals surface area contributed by atoms with Gasteiger partial charge in [-0.3, -0.25) is 4.99 Å². The third-order valence-electron chi connectivity index (χ3n) is 5.39. The van der Waals surface area contributed by atoms with Crippen LogP contribution in [0, 0.1) is 5.41 Å². The average Bonchev–Trinajstić information content (AvgIpc) is 2.56. The Balaban J connectivity index is 0.00000312. The first kappa shape index (κ1) is 22.0. The molecule has 5 nitrogen and oxygen atoms in total. The lowest BCUT2D eigenvalue weighted by Crippen LogP contribution is -2.72. The van der Waals surface area contributed by atoms with Crippen molar-refractivity contribution in [2.75, 3.05) is 39.2 Å². The van der Waals surface area contributed by atoms with E-state index < -0.39 is 0 Å². The average molecular weight is 460 g/mol. The molecule has 142 valence electrons. The highest BCUT2D eigenvalue weighted by Crippen LogP contribution is 2.46. The number of nitrogens with zero attached hydrogens (tertiary/aromatic N) is 2. The van der Waals surface area contributed by atoms with Crippen molar-refractivity contribution in [2.24, 2.45) is 10.4 Å². The van der Waals surface area contributed by atoms with Crippen molar-refractivity contribution in [3.63, 3.8) is 0 Å². The molecule has 1 fully saturated rings. The van der Waals surface area contributed by atoms with Gasteiger partial charge in [0.25, 0.3) is 0 Å². The van der Waals surface area contributed by atoms with E-state index in [2.05, 4.69) is 72.5 Å². The number of guanidine groups is 1. The molecule has 1 aromatic rings. The zero-order chi connectivity index (χ0) is 17.8. The molecule has 0 aromatic heterocycles. The number of methoxy groups -OCH3 is 1. The van der Waals surface area contributed by atoms with Crippen LogP contribution in [0.3, 0.4) is 0 Å². The van der Waals surface area contributed by atoms with Crippen LogP contribution in [-0.4, -0.2) is 50.3 Å². The maximum Gasteiger partial charge on any atom is 0.194 e. The van der Waals surface area contributed by atoms with Crippen LogP contribution < -0.4 is 10.6 Å². The number of rotatable bonds is 6. The topological polar surface area (TPSA) is 48.9 Å². The third kappa shape index (κ3) is 5.00. The zero-order valence-corrected chi connectivity index (χ0v) is 18.7. The smallest absolute Gasteiger partial charge is 0.194 e. The fourth-order valence-corrected chi connectivity index (χ4v) is 2.91. The van der Waals surface area contributed by atoms with Crippen LogP contribution in [0.1, 0.15) is 33.3 Å². The van der Waals surface area contributed by atoms with Crippen LogP contribution in [0.5, 0.6) is 0 Å². The molecule has 0 spiro atoms. The van der Waals surface area contributed by atoms with Crippen molar-refractivity contribution >= 4 is 35.6 Å². The number of likely N-dealkylation sites (tertiary alicyclic amines) is 1. The largest absolute Gasteiger partial charge is 0.383 e. The van der Waals surface area contributed by atoms with E-state index in [4.69, 9.17) is 4.74 Å². The predicted molar refractivity (Wildman–Crippen MR) is 117 cm³/mol. The molecule has 0 atom stereocenters. The number of anilines is 1. The van der Waals surface area contributed by atoms with Crippen molar-refractivity contribution in [3.8, 4) is 0 Å². The normalized spacial score (nSPS) is 18.2. The molecule has 2 rings (SSSR count). The lowest BCUT2D eigenvalue weighted by molar-refractivity contribution is -0.0667. The highest BCUT2D eigenvalue weighted by molar-refractivity contribution is 14.0. The Morgan fingerprint density at radius 2 is 1.84 bits per heavy atom. The van der Waals surface area contributed by atoms with Crippen LogP contribution in [-0.2, 0) is 11.3 Å². The van der Waals surface area contributed by atoms with Crippen LogP contribution in [0.15, 0.2) is 29.3 Å². The van der Waals surface area contributed by atoms with Gasteiger partial charge in [-0.15, -0.1) is 24.0 Å². The second-order valence-electron chi connectivity index (χ2n) is 7.55. The van der Waals surface area contributed by atoms with Gasteiger partial charge in [0.15, 0.2) is 5.96 Å². The molecule has 0 saturated carbocycles. The Kier molecular flexibility index (Phi) is 7.99. The molecule has 1 aliphatic rings. The highest BCUT2D eigenvalue weighted by Gasteiger charge is 2.53. The van der Waals surface area contributed by atoms with Gasteiger partial charge >= 0.3 is 0 Å². The molecule has 1 aromatic carbocycles. The molecule has 6 heteroatoms. The second kappa shape index (κ2) is 9.07. The minimum absolute atomic E-state index is 0. The molecule has 25 heavy (non-hydrogen) atoms. The Morgan fingerprint density at radius 3 is 2.32 bits per heavy atom. The van der Waals surface area contributed by atoms with Gasteiger partial charge in [-0.2, -0.15) is 0 Å². The maximum atomic E-state index is 5.04. The monoisotopic (exact) mass is 460 g/mol. The van der Waals surface area contributed by atoms with Gasteiger partial charge < -0.3 is 20.3 Å². The number of benzene rings is 1. The van der Waals surface area contributed by atoms with E-state index in [9.17, 15) is 0 Å². The third-order valence-corrected chi connectivity index (χ3v) is 5.39. The summed E-state index contributed by atoms with van der Waals surface area (Å²) in [7, 11) is 3.57. The summed E-state index contributed by atoms with van der Waals surface area (Å²) >= 11 is 0. The van der Waals surface area contributed by atoms with E-state index in [0.29, 0.717) is 12.0 Å². The number of hydrogen-bond acceptors (Lipinski definition) is 3. The Hall–Kier alpha value is -1.02. The number of hydrogen-bond donors (Lipinski definition) is 2. The summed E-state index contributed by atoms with van der Waals surface area (Å²) in [5.41, 5.74) is 2.78. The van der Waals surface area contributed by atoms with E-state index in [1.807, 2.05) is 7.05 Å². The van der Waals surface area contributed by atoms with Crippen molar-refractivity contribution in [1.82, 2.24) is 10.2 Å². The number of ether oxygens (including phenoxy) is 1. The van der Waals surface area contributed by atoms with Gasteiger partial charge in [0, 0.05) is 50.4 Å². The van der Waals surface area contributed by atoms with Gasteiger partial charge in [0.2, 0.25) is 0 Å². The summed E-state index contributed by atoms with van der Waals surface area (Å²) in [5, 5.41) is 6.82. The first-order chi connectivity index (χ1) is 11.3. The summed E-state index contributed by atoms with van der Waals surface area (Å²) in [6.07, 6.45) is 0. The van der Waals surface area contributed by atoms with Crippen LogP contribution in [0.4, 0.5) is 5.69 Å². The SMILES string of the molecule is CN=C(NCc1ccc(NCCOC)cc1)N1CC(C)(C)C1(C)C.I. The Labute approximate surface area is 169 Å². The lowest BCUT2D eigenvalue weighted by Gasteiger charge is -2.62. The van der Waals surface area contributed by atoms with Crippen LogP contribution >= 0.6 is 24.0 Å². The predicted octanol–water partition coefficient (Wildman–Crippen LogP) is 3.56. The van der Waals surface area contributed by atoms with Gasteiger partial charge in [0.1, 0.15) is 0 Å². The fourth-order valence-electron chi connectivity index (χ4n) is 2.91. The van der Waals surface area contributed by atoms with Crippen LogP contribution in [0.2, 0.25) is 0 Å². The Morgan fingerprint density at radius 1 is 1.20 bits per heavy atom. The quantitative estimate of drug-likeness (QED) is 0.295. The molecule has 0 aliphatic carbocycles. The number of nitrogens with one attached hydrogen (secondary N) is 2. The molecule has 2 N–H and O–H groups in total. The van der Waals surface area contributed by atoms with Crippen molar-refractivity contribution in [3.05, 3.63) is 29.8 Å². The van der Waals surface area contributed by atoms with E-state index in [-0.39, 0.29) is 29.5 Å². The van der Waals surface area contributed by atoms with Gasteiger partial charge in [0.05, 0.1) is 6.61 Å². The number of aliphatic imine (C=N–C) groups is 1. The minimum Gasteiger partial charge on any atom is -0.383 e. The lowest BCUT2D eigenvalue weighted by atomic mass is 9.65. The molecular formula is C19H33IN4O. The summed E-state index contributed by atoms with van der Waals surface area (Å²) < 4.78 is 5.04. The van der Waals surface area contributed by atoms with E-state index in [1.165, 1.54) is 5.56 Å². The summed E-state index contributed by atoms with van der Waals surface area (Å²) in [4.78, 5) is 6.81. The molecule has 0 bridgehead atoms. The van der Waals surface area contributed by atoms with Crippen LogP contribution in [0.25, 0.3) is 0 Å². The molecule has 1 saturated heterocycles. The zero-order valence-electron chi connectivity index (χ0n) is 16.3. The summed E-state index contributed by atoms with van der Waals surface area (Å²) in [6.45, 7) is 12.5.